The van der Waals surface area contributed by atoms with Gasteiger partial charge in [0.15, 0.2) is 5.65 Å². The van der Waals surface area contributed by atoms with Crippen LogP contribution in [0.5, 0.6) is 0 Å². The van der Waals surface area contributed by atoms with Gasteiger partial charge in [-0.05, 0) is 50.1 Å². The number of aryl methyl sites for hydroxylation is 2. The first-order chi connectivity index (χ1) is 12.1. The third-order valence-electron chi connectivity index (χ3n) is 5.03. The van der Waals surface area contributed by atoms with Crippen LogP contribution in [-0.4, -0.2) is 20.5 Å². The van der Waals surface area contributed by atoms with Crippen molar-refractivity contribution >= 4 is 22.9 Å². The van der Waals surface area contributed by atoms with Crippen LogP contribution in [0.1, 0.15) is 58.3 Å². The zero-order valence-corrected chi connectivity index (χ0v) is 15.3. The van der Waals surface area contributed by atoms with E-state index in [0.717, 1.165) is 11.4 Å². The Morgan fingerprint density at radius 3 is 2.88 bits per heavy atom. The van der Waals surface area contributed by atoms with E-state index in [1.54, 1.807) is 22.0 Å². The van der Waals surface area contributed by atoms with Crippen molar-refractivity contribution in [3.8, 4) is 0 Å². The minimum absolute atomic E-state index is 0.0795. The molecule has 0 radical (unpaired) electrons. The van der Waals surface area contributed by atoms with Gasteiger partial charge >= 0.3 is 0 Å². The van der Waals surface area contributed by atoms with Crippen molar-refractivity contribution in [1.29, 1.82) is 0 Å². The summed E-state index contributed by atoms with van der Waals surface area (Å²) < 4.78 is 1.73. The molecule has 0 bridgehead atoms. The summed E-state index contributed by atoms with van der Waals surface area (Å²) in [5, 5.41) is 9.69. The fourth-order valence-corrected chi connectivity index (χ4v) is 4.70. The van der Waals surface area contributed by atoms with E-state index in [-0.39, 0.29) is 11.9 Å². The van der Waals surface area contributed by atoms with E-state index in [1.807, 2.05) is 19.9 Å². The molecule has 4 rings (SSSR count). The van der Waals surface area contributed by atoms with Crippen molar-refractivity contribution in [3.05, 3.63) is 51.6 Å². The molecule has 1 unspecified atom stereocenters. The Bertz CT molecular complexity index is 894. The van der Waals surface area contributed by atoms with Crippen molar-refractivity contribution in [2.24, 2.45) is 5.92 Å². The molecule has 6 heteroatoms. The summed E-state index contributed by atoms with van der Waals surface area (Å²) in [6.07, 6.45) is 6.48. The fourth-order valence-electron chi connectivity index (χ4n) is 3.83. The van der Waals surface area contributed by atoms with Crippen molar-refractivity contribution in [2.75, 3.05) is 0 Å². The number of amides is 1. The number of hydrogen-bond donors (Lipinski definition) is 1. The third kappa shape index (κ3) is 3.06. The van der Waals surface area contributed by atoms with Crippen LogP contribution in [0.2, 0.25) is 0 Å². The van der Waals surface area contributed by atoms with Crippen molar-refractivity contribution in [1.82, 2.24) is 19.9 Å². The second-order valence-corrected chi connectivity index (χ2v) is 7.82. The smallest absolute Gasteiger partial charge is 0.257 e. The van der Waals surface area contributed by atoms with Gasteiger partial charge in [0.05, 0.1) is 12.2 Å². The van der Waals surface area contributed by atoms with Gasteiger partial charge < -0.3 is 5.32 Å². The summed E-state index contributed by atoms with van der Waals surface area (Å²) in [5.74, 6) is 0.429. The van der Waals surface area contributed by atoms with Gasteiger partial charge in [-0.25, -0.2) is 9.50 Å². The molecule has 3 heterocycles. The van der Waals surface area contributed by atoms with Crippen LogP contribution in [-0.2, 0) is 0 Å². The Hall–Kier alpha value is -2.21. The predicted molar refractivity (Wildman–Crippen MR) is 98.9 cm³/mol. The zero-order chi connectivity index (χ0) is 17.4. The Balaban J connectivity index is 1.66. The fraction of sp³-hybridized carbons (Fsp3) is 0.421. The van der Waals surface area contributed by atoms with Gasteiger partial charge in [-0.2, -0.15) is 5.10 Å². The molecule has 1 N–H and O–H groups in total. The van der Waals surface area contributed by atoms with Gasteiger partial charge in [0, 0.05) is 16.3 Å². The zero-order valence-electron chi connectivity index (χ0n) is 14.5. The first-order valence-electron chi connectivity index (χ1n) is 8.80. The van der Waals surface area contributed by atoms with E-state index in [2.05, 4.69) is 32.9 Å². The highest BCUT2D eigenvalue weighted by Crippen LogP contribution is 2.37. The van der Waals surface area contributed by atoms with Crippen LogP contribution in [0.3, 0.4) is 0 Å². The summed E-state index contributed by atoms with van der Waals surface area (Å²) in [6, 6.07) is 6.22. The topological polar surface area (TPSA) is 59.3 Å². The average molecular weight is 354 g/mol. The number of rotatable bonds is 4. The lowest BCUT2D eigenvalue weighted by atomic mass is 9.96. The summed E-state index contributed by atoms with van der Waals surface area (Å²) >= 11 is 1.71. The molecule has 0 aromatic carbocycles. The van der Waals surface area contributed by atoms with Crippen molar-refractivity contribution in [2.45, 2.75) is 45.6 Å². The predicted octanol–water partition coefficient (Wildman–Crippen LogP) is 4.07. The highest BCUT2D eigenvalue weighted by Gasteiger charge is 2.29. The second-order valence-electron chi connectivity index (χ2n) is 6.84. The number of nitrogens with zero attached hydrogens (tertiary/aromatic N) is 3. The summed E-state index contributed by atoms with van der Waals surface area (Å²) in [7, 11) is 0. The SMILES string of the molecule is Cc1cc(C)n2ncc(C(=O)NC(c3cccs3)C3CCCC3)c2n1. The monoisotopic (exact) mass is 354 g/mol. The van der Waals surface area contributed by atoms with Crippen LogP contribution < -0.4 is 5.32 Å². The van der Waals surface area contributed by atoms with E-state index in [0.29, 0.717) is 17.1 Å². The lowest BCUT2D eigenvalue weighted by molar-refractivity contribution is 0.0924. The lowest BCUT2D eigenvalue weighted by Gasteiger charge is -2.23. The normalized spacial score (nSPS) is 16.4. The Kier molecular flexibility index (Phi) is 4.29. The molecule has 1 aliphatic carbocycles. The second kappa shape index (κ2) is 6.59. The van der Waals surface area contributed by atoms with Gasteiger partial charge in [0.2, 0.25) is 0 Å². The van der Waals surface area contributed by atoms with Gasteiger partial charge in [-0.1, -0.05) is 18.9 Å². The third-order valence-corrected chi connectivity index (χ3v) is 5.99. The molecule has 0 saturated heterocycles. The van der Waals surface area contributed by atoms with Crippen LogP contribution in [0.25, 0.3) is 5.65 Å². The summed E-state index contributed by atoms with van der Waals surface area (Å²) in [4.78, 5) is 18.8. The first-order valence-corrected chi connectivity index (χ1v) is 9.67. The minimum atomic E-state index is -0.0854. The number of nitrogens with one attached hydrogen (secondary N) is 1. The number of carbonyl (C=O) groups is 1. The Morgan fingerprint density at radius 2 is 2.16 bits per heavy atom. The highest BCUT2D eigenvalue weighted by molar-refractivity contribution is 7.10. The van der Waals surface area contributed by atoms with Crippen molar-refractivity contribution < 1.29 is 4.79 Å². The molecule has 1 aliphatic rings. The number of thiophene rings is 1. The van der Waals surface area contributed by atoms with E-state index in [1.165, 1.54) is 30.6 Å². The van der Waals surface area contributed by atoms with Gasteiger partial charge in [0.1, 0.15) is 5.56 Å². The summed E-state index contributed by atoms with van der Waals surface area (Å²) in [6.45, 7) is 3.91. The van der Waals surface area contributed by atoms with E-state index >= 15 is 0 Å². The first kappa shape index (κ1) is 16.3. The molecule has 0 aliphatic heterocycles. The van der Waals surface area contributed by atoms with Crippen LogP contribution in [0.4, 0.5) is 0 Å². The maximum atomic E-state index is 13.0. The molecule has 3 aromatic rings. The molecular formula is C19H22N4OS. The van der Waals surface area contributed by atoms with Crippen LogP contribution in [0.15, 0.2) is 29.8 Å². The maximum Gasteiger partial charge on any atom is 0.257 e. The summed E-state index contributed by atoms with van der Waals surface area (Å²) in [5.41, 5.74) is 3.05. The molecule has 1 saturated carbocycles. The molecule has 0 spiro atoms. The number of aromatic nitrogens is 3. The molecular weight excluding hydrogens is 332 g/mol. The van der Waals surface area contributed by atoms with Crippen LogP contribution in [0, 0.1) is 19.8 Å². The Morgan fingerprint density at radius 1 is 1.36 bits per heavy atom. The van der Waals surface area contributed by atoms with E-state index in [9.17, 15) is 4.79 Å². The number of fused-ring (bicyclic) bond motifs is 1. The van der Waals surface area contributed by atoms with Crippen molar-refractivity contribution in [3.63, 3.8) is 0 Å². The van der Waals surface area contributed by atoms with Gasteiger partial charge in [-0.15, -0.1) is 11.3 Å². The molecule has 5 nitrogen and oxygen atoms in total. The molecule has 130 valence electrons. The molecule has 3 aromatic heterocycles. The van der Waals surface area contributed by atoms with Crippen LogP contribution >= 0.6 is 11.3 Å². The molecule has 1 amide bonds. The van der Waals surface area contributed by atoms with E-state index < -0.39 is 0 Å². The average Bonchev–Trinajstić information content (AvgIpc) is 3.32. The molecule has 1 fully saturated rings. The van der Waals surface area contributed by atoms with E-state index in [4.69, 9.17) is 0 Å². The quantitative estimate of drug-likeness (QED) is 0.768. The highest BCUT2D eigenvalue weighted by atomic mass is 32.1. The van der Waals surface area contributed by atoms with Gasteiger partial charge in [0.25, 0.3) is 5.91 Å². The van der Waals surface area contributed by atoms with Gasteiger partial charge in [-0.3, -0.25) is 4.79 Å². The minimum Gasteiger partial charge on any atom is -0.344 e. The largest absolute Gasteiger partial charge is 0.344 e. The molecule has 1 atom stereocenters. The Labute approximate surface area is 151 Å². The number of hydrogen-bond acceptors (Lipinski definition) is 4. The lowest BCUT2D eigenvalue weighted by Crippen LogP contribution is -2.32. The standard InChI is InChI=1S/C19H22N4OS/c1-12-10-13(2)23-18(21-12)15(11-20-23)19(24)22-17(14-6-3-4-7-14)16-8-5-9-25-16/h5,8-11,14,17H,3-4,6-7H2,1-2H3,(H,22,24). The number of carbonyl (C=O) groups excluding carboxylic acids is 1. The maximum absolute atomic E-state index is 13.0. The molecule has 25 heavy (non-hydrogen) atoms.